The first-order valence-corrected chi connectivity index (χ1v) is 6.32. The molecule has 0 unspecified atom stereocenters. The minimum atomic E-state index is 0.837. The summed E-state index contributed by atoms with van der Waals surface area (Å²) in [6, 6.07) is 0.856. The lowest BCUT2D eigenvalue weighted by Crippen LogP contribution is -2.36. The summed E-state index contributed by atoms with van der Waals surface area (Å²) in [5.41, 5.74) is 5.57. The molecule has 0 atom stereocenters. The minimum absolute atomic E-state index is 0.837. The van der Waals surface area contributed by atoms with Crippen molar-refractivity contribution in [3.63, 3.8) is 0 Å². The van der Waals surface area contributed by atoms with Crippen LogP contribution in [-0.4, -0.2) is 30.6 Å². The lowest BCUT2D eigenvalue weighted by Gasteiger charge is -2.29. The Balaban J connectivity index is 2.32. The Morgan fingerprint density at radius 3 is 2.29 bits per heavy atom. The first-order chi connectivity index (χ1) is 6.88. The van der Waals surface area contributed by atoms with Crippen LogP contribution in [0.3, 0.4) is 0 Å². The first kappa shape index (κ1) is 12.0. The number of nitrogens with two attached hydrogens (primary N) is 1. The second kappa shape index (κ2) is 7.24. The van der Waals surface area contributed by atoms with Crippen LogP contribution in [0.1, 0.15) is 51.9 Å². The van der Waals surface area contributed by atoms with Crippen LogP contribution in [0.15, 0.2) is 0 Å². The van der Waals surface area contributed by atoms with Crippen molar-refractivity contribution >= 4 is 0 Å². The second-order valence-electron chi connectivity index (χ2n) is 4.42. The van der Waals surface area contributed by atoms with E-state index in [1.54, 1.807) is 0 Å². The highest BCUT2D eigenvalue weighted by Crippen LogP contribution is 2.21. The van der Waals surface area contributed by atoms with Crippen molar-refractivity contribution < 1.29 is 0 Å². The summed E-state index contributed by atoms with van der Waals surface area (Å²) in [6.07, 6.45) is 9.75. The van der Waals surface area contributed by atoms with Gasteiger partial charge in [0.05, 0.1) is 0 Å². The molecular weight excluding hydrogens is 172 g/mol. The van der Waals surface area contributed by atoms with Crippen molar-refractivity contribution in [3.8, 4) is 0 Å². The average Bonchev–Trinajstić information content (AvgIpc) is 2.48. The van der Waals surface area contributed by atoms with Gasteiger partial charge in [-0.05, 0) is 38.9 Å². The molecule has 0 bridgehead atoms. The van der Waals surface area contributed by atoms with Crippen molar-refractivity contribution in [2.75, 3.05) is 19.6 Å². The third-order valence-electron chi connectivity index (χ3n) is 3.40. The van der Waals surface area contributed by atoms with Crippen molar-refractivity contribution in [1.82, 2.24) is 4.90 Å². The maximum atomic E-state index is 5.57. The zero-order valence-corrected chi connectivity index (χ0v) is 9.67. The van der Waals surface area contributed by atoms with Crippen molar-refractivity contribution in [1.29, 1.82) is 0 Å². The van der Waals surface area contributed by atoms with Crippen LogP contribution in [0.5, 0.6) is 0 Å². The van der Waals surface area contributed by atoms with Gasteiger partial charge in [0.25, 0.3) is 0 Å². The molecule has 0 spiro atoms. The lowest BCUT2D eigenvalue weighted by molar-refractivity contribution is 0.187. The molecule has 1 aliphatic carbocycles. The summed E-state index contributed by atoms with van der Waals surface area (Å²) in [5.74, 6) is 0. The molecule has 2 nitrogen and oxygen atoms in total. The van der Waals surface area contributed by atoms with Crippen LogP contribution in [0.4, 0.5) is 0 Å². The summed E-state index contributed by atoms with van der Waals surface area (Å²) in [4.78, 5) is 2.64. The van der Waals surface area contributed by atoms with E-state index in [1.165, 1.54) is 51.6 Å². The molecule has 0 radical (unpaired) electrons. The van der Waals surface area contributed by atoms with E-state index >= 15 is 0 Å². The molecule has 14 heavy (non-hydrogen) atoms. The molecule has 0 aliphatic heterocycles. The molecule has 1 rings (SSSR count). The Bertz CT molecular complexity index is 128. The van der Waals surface area contributed by atoms with E-state index in [2.05, 4.69) is 11.8 Å². The van der Waals surface area contributed by atoms with Gasteiger partial charge in [0.15, 0.2) is 0 Å². The fraction of sp³-hybridized carbons (Fsp3) is 1.00. The van der Waals surface area contributed by atoms with Crippen LogP contribution in [0.25, 0.3) is 0 Å². The smallest absolute Gasteiger partial charge is 0.00951 e. The Morgan fingerprint density at radius 2 is 1.79 bits per heavy atom. The number of hydrogen-bond donors (Lipinski definition) is 1. The van der Waals surface area contributed by atoms with Crippen LogP contribution in [-0.2, 0) is 0 Å². The first-order valence-electron chi connectivity index (χ1n) is 6.32. The molecule has 0 aromatic heterocycles. The summed E-state index contributed by atoms with van der Waals surface area (Å²) in [5, 5.41) is 0. The quantitative estimate of drug-likeness (QED) is 0.687. The Kier molecular flexibility index (Phi) is 6.20. The lowest BCUT2D eigenvalue weighted by atomic mass is 10.1. The van der Waals surface area contributed by atoms with E-state index in [1.807, 2.05) is 0 Å². The third-order valence-corrected chi connectivity index (χ3v) is 3.40. The van der Waals surface area contributed by atoms with E-state index < -0.39 is 0 Å². The minimum Gasteiger partial charge on any atom is -0.330 e. The highest BCUT2D eigenvalue weighted by Gasteiger charge is 2.17. The van der Waals surface area contributed by atoms with Crippen LogP contribution < -0.4 is 5.73 Å². The SMILES string of the molecule is CCN(CCCN)C1CCCCCC1. The number of nitrogens with zero attached hydrogens (tertiary/aromatic N) is 1. The number of rotatable bonds is 5. The molecule has 0 aromatic carbocycles. The van der Waals surface area contributed by atoms with Gasteiger partial charge in [0, 0.05) is 6.04 Å². The van der Waals surface area contributed by atoms with Gasteiger partial charge in [-0.1, -0.05) is 32.6 Å². The van der Waals surface area contributed by atoms with Gasteiger partial charge < -0.3 is 10.6 Å². The van der Waals surface area contributed by atoms with Gasteiger partial charge >= 0.3 is 0 Å². The molecule has 0 saturated heterocycles. The van der Waals surface area contributed by atoms with Crippen LogP contribution in [0.2, 0.25) is 0 Å². The highest BCUT2D eigenvalue weighted by molar-refractivity contribution is 4.73. The van der Waals surface area contributed by atoms with E-state index in [0.717, 1.165) is 19.0 Å². The summed E-state index contributed by atoms with van der Waals surface area (Å²) < 4.78 is 0. The van der Waals surface area contributed by atoms with E-state index in [4.69, 9.17) is 5.73 Å². The average molecular weight is 198 g/mol. The topological polar surface area (TPSA) is 29.3 Å². The maximum absolute atomic E-state index is 5.57. The van der Waals surface area contributed by atoms with Crippen molar-refractivity contribution in [2.24, 2.45) is 5.73 Å². The van der Waals surface area contributed by atoms with Gasteiger partial charge in [-0.2, -0.15) is 0 Å². The fourth-order valence-electron chi connectivity index (χ4n) is 2.52. The third kappa shape index (κ3) is 3.97. The van der Waals surface area contributed by atoms with E-state index in [9.17, 15) is 0 Å². The molecule has 0 heterocycles. The summed E-state index contributed by atoms with van der Waals surface area (Å²) in [6.45, 7) is 5.52. The standard InChI is InChI=1S/C12H26N2/c1-2-14(11-7-10-13)12-8-5-3-4-6-9-12/h12H,2-11,13H2,1H3. The molecule has 2 heteroatoms. The second-order valence-corrected chi connectivity index (χ2v) is 4.42. The Labute approximate surface area is 88.8 Å². The molecule has 2 N–H and O–H groups in total. The normalized spacial score (nSPS) is 19.9. The van der Waals surface area contributed by atoms with Gasteiger partial charge in [-0.3, -0.25) is 0 Å². The number of hydrogen-bond acceptors (Lipinski definition) is 2. The predicted octanol–water partition coefficient (Wildman–Crippen LogP) is 2.38. The predicted molar refractivity (Wildman–Crippen MR) is 62.4 cm³/mol. The molecule has 0 aromatic rings. The Morgan fingerprint density at radius 1 is 1.14 bits per heavy atom. The van der Waals surface area contributed by atoms with Gasteiger partial charge in [0.1, 0.15) is 0 Å². The van der Waals surface area contributed by atoms with Gasteiger partial charge in [0.2, 0.25) is 0 Å². The Hall–Kier alpha value is -0.0800. The maximum Gasteiger partial charge on any atom is 0.00951 e. The van der Waals surface area contributed by atoms with Crippen LogP contribution in [0, 0.1) is 0 Å². The van der Waals surface area contributed by atoms with Crippen molar-refractivity contribution in [2.45, 2.75) is 57.9 Å². The zero-order valence-electron chi connectivity index (χ0n) is 9.67. The fourth-order valence-corrected chi connectivity index (χ4v) is 2.52. The molecule has 1 fully saturated rings. The molecule has 84 valence electrons. The zero-order chi connectivity index (χ0) is 10.2. The van der Waals surface area contributed by atoms with E-state index in [0.29, 0.717) is 0 Å². The van der Waals surface area contributed by atoms with Crippen molar-refractivity contribution in [3.05, 3.63) is 0 Å². The van der Waals surface area contributed by atoms with Gasteiger partial charge in [-0.25, -0.2) is 0 Å². The molecular formula is C12H26N2. The molecule has 1 saturated carbocycles. The largest absolute Gasteiger partial charge is 0.330 e. The van der Waals surface area contributed by atoms with E-state index in [-0.39, 0.29) is 0 Å². The van der Waals surface area contributed by atoms with Crippen LogP contribution >= 0.6 is 0 Å². The highest BCUT2D eigenvalue weighted by atomic mass is 15.1. The molecule has 0 amide bonds. The van der Waals surface area contributed by atoms with Gasteiger partial charge in [-0.15, -0.1) is 0 Å². The molecule has 1 aliphatic rings. The summed E-state index contributed by atoms with van der Waals surface area (Å²) >= 11 is 0. The monoisotopic (exact) mass is 198 g/mol. The summed E-state index contributed by atoms with van der Waals surface area (Å²) in [7, 11) is 0.